The molecule has 31 heavy (non-hydrogen) atoms. The summed E-state index contributed by atoms with van der Waals surface area (Å²) in [6, 6.07) is 10.7. The molecule has 2 fully saturated rings. The average Bonchev–Trinajstić information content (AvgIpc) is 3.27. The molecule has 1 atom stereocenters. The second kappa shape index (κ2) is 12.7. The van der Waals surface area contributed by atoms with Crippen molar-refractivity contribution in [2.75, 3.05) is 66.7 Å². The SMILES string of the molecule is CN=C(NCC(=O)N1CCC(Cc2ccccc2)CC1)N1CCC(COCCOC)C1. The number of guanidine groups is 1. The van der Waals surface area contributed by atoms with E-state index in [0.29, 0.717) is 31.6 Å². The first-order chi connectivity index (χ1) is 15.2. The van der Waals surface area contributed by atoms with Gasteiger partial charge in [0.05, 0.1) is 26.4 Å². The van der Waals surface area contributed by atoms with Crippen LogP contribution in [0, 0.1) is 11.8 Å². The zero-order valence-corrected chi connectivity index (χ0v) is 19.1. The molecule has 2 aliphatic heterocycles. The largest absolute Gasteiger partial charge is 0.382 e. The zero-order valence-electron chi connectivity index (χ0n) is 19.1. The minimum absolute atomic E-state index is 0.165. The van der Waals surface area contributed by atoms with E-state index in [1.165, 1.54) is 5.56 Å². The molecule has 2 aliphatic rings. The van der Waals surface area contributed by atoms with E-state index >= 15 is 0 Å². The second-order valence-corrected chi connectivity index (χ2v) is 8.58. The summed E-state index contributed by atoms with van der Waals surface area (Å²) in [5.41, 5.74) is 1.39. The van der Waals surface area contributed by atoms with E-state index in [2.05, 4.69) is 45.5 Å². The van der Waals surface area contributed by atoms with Crippen LogP contribution in [0.1, 0.15) is 24.8 Å². The van der Waals surface area contributed by atoms with Gasteiger partial charge in [0, 0.05) is 46.3 Å². The molecule has 0 spiro atoms. The number of nitrogens with one attached hydrogen (secondary N) is 1. The Kier molecular flexibility index (Phi) is 9.62. The number of methoxy groups -OCH3 is 1. The lowest BCUT2D eigenvalue weighted by molar-refractivity contribution is -0.131. The summed E-state index contributed by atoms with van der Waals surface area (Å²) < 4.78 is 10.7. The maximum absolute atomic E-state index is 12.7. The highest BCUT2D eigenvalue weighted by molar-refractivity contribution is 5.86. The molecule has 2 heterocycles. The van der Waals surface area contributed by atoms with Gasteiger partial charge in [0.2, 0.25) is 5.91 Å². The van der Waals surface area contributed by atoms with Crippen LogP contribution < -0.4 is 5.32 Å². The molecule has 1 aromatic carbocycles. The van der Waals surface area contributed by atoms with Gasteiger partial charge in [0.1, 0.15) is 0 Å². The summed E-state index contributed by atoms with van der Waals surface area (Å²) in [7, 11) is 3.47. The minimum Gasteiger partial charge on any atom is -0.382 e. The molecular formula is C24H38N4O3. The normalized spacial score (nSPS) is 20.3. The molecule has 1 N–H and O–H groups in total. The number of benzene rings is 1. The van der Waals surface area contributed by atoms with Crippen LogP contribution in [-0.4, -0.2) is 88.4 Å². The fourth-order valence-corrected chi connectivity index (χ4v) is 4.49. The van der Waals surface area contributed by atoms with E-state index in [9.17, 15) is 4.79 Å². The Labute approximate surface area is 186 Å². The van der Waals surface area contributed by atoms with E-state index in [-0.39, 0.29) is 5.91 Å². The number of carbonyl (C=O) groups is 1. The van der Waals surface area contributed by atoms with Crippen LogP contribution in [0.5, 0.6) is 0 Å². The molecule has 0 aromatic heterocycles. The maximum Gasteiger partial charge on any atom is 0.241 e. The van der Waals surface area contributed by atoms with Gasteiger partial charge in [-0.25, -0.2) is 0 Å². The van der Waals surface area contributed by atoms with Crippen molar-refractivity contribution in [3.05, 3.63) is 35.9 Å². The molecule has 7 heteroatoms. The first-order valence-electron chi connectivity index (χ1n) is 11.5. The van der Waals surface area contributed by atoms with E-state index in [1.807, 2.05) is 4.90 Å². The number of rotatable bonds is 9. The Balaban J connectivity index is 1.35. The lowest BCUT2D eigenvalue weighted by Crippen LogP contribution is -2.47. The predicted octanol–water partition coefficient (Wildman–Crippen LogP) is 2.03. The van der Waals surface area contributed by atoms with Crippen molar-refractivity contribution >= 4 is 11.9 Å². The summed E-state index contributed by atoms with van der Waals surface area (Å²) in [4.78, 5) is 21.3. The van der Waals surface area contributed by atoms with Gasteiger partial charge in [-0.15, -0.1) is 0 Å². The van der Waals surface area contributed by atoms with Crippen LogP contribution in [0.2, 0.25) is 0 Å². The van der Waals surface area contributed by atoms with Crippen LogP contribution in [0.3, 0.4) is 0 Å². The van der Waals surface area contributed by atoms with Crippen LogP contribution >= 0.6 is 0 Å². The molecule has 0 bridgehead atoms. The maximum atomic E-state index is 12.7. The van der Waals surface area contributed by atoms with Crippen LogP contribution in [0.25, 0.3) is 0 Å². The number of nitrogens with zero attached hydrogens (tertiary/aromatic N) is 3. The minimum atomic E-state index is 0.165. The van der Waals surface area contributed by atoms with Crippen molar-refractivity contribution < 1.29 is 14.3 Å². The first-order valence-corrected chi connectivity index (χ1v) is 11.5. The highest BCUT2D eigenvalue weighted by Crippen LogP contribution is 2.22. The van der Waals surface area contributed by atoms with E-state index in [0.717, 1.165) is 64.4 Å². The summed E-state index contributed by atoms with van der Waals surface area (Å²) in [5, 5.41) is 3.28. The van der Waals surface area contributed by atoms with Gasteiger partial charge in [0.15, 0.2) is 5.96 Å². The molecule has 1 unspecified atom stereocenters. The molecule has 2 saturated heterocycles. The van der Waals surface area contributed by atoms with Crippen molar-refractivity contribution in [1.82, 2.24) is 15.1 Å². The van der Waals surface area contributed by atoms with Crippen LogP contribution in [-0.2, 0) is 20.7 Å². The van der Waals surface area contributed by atoms with Gasteiger partial charge in [0.25, 0.3) is 0 Å². The summed E-state index contributed by atoms with van der Waals surface area (Å²) in [5.74, 6) is 2.14. The van der Waals surface area contributed by atoms with E-state index in [1.54, 1.807) is 14.2 Å². The van der Waals surface area contributed by atoms with E-state index in [4.69, 9.17) is 9.47 Å². The molecule has 0 saturated carbocycles. The highest BCUT2D eigenvalue weighted by atomic mass is 16.5. The smallest absolute Gasteiger partial charge is 0.241 e. The summed E-state index contributed by atoms with van der Waals surface area (Å²) >= 11 is 0. The zero-order chi connectivity index (χ0) is 21.9. The average molecular weight is 431 g/mol. The van der Waals surface area contributed by atoms with Gasteiger partial charge >= 0.3 is 0 Å². The van der Waals surface area contributed by atoms with Crippen molar-refractivity contribution in [3.8, 4) is 0 Å². The molecule has 1 amide bonds. The molecular weight excluding hydrogens is 392 g/mol. The van der Waals surface area contributed by atoms with E-state index < -0.39 is 0 Å². The number of carbonyl (C=O) groups excluding carboxylic acids is 1. The number of piperidine rings is 1. The number of hydrogen-bond acceptors (Lipinski definition) is 4. The van der Waals surface area contributed by atoms with Crippen molar-refractivity contribution in [2.45, 2.75) is 25.7 Å². The molecule has 0 radical (unpaired) electrons. The number of amides is 1. The number of ether oxygens (including phenoxy) is 2. The fraction of sp³-hybridized carbons (Fsp3) is 0.667. The summed E-state index contributed by atoms with van der Waals surface area (Å²) in [6.07, 6.45) is 4.34. The van der Waals surface area contributed by atoms with Crippen LogP contribution in [0.4, 0.5) is 0 Å². The molecule has 172 valence electrons. The Morgan fingerprint density at radius 1 is 1.06 bits per heavy atom. The Morgan fingerprint density at radius 3 is 2.48 bits per heavy atom. The third-order valence-corrected chi connectivity index (χ3v) is 6.31. The molecule has 3 rings (SSSR count). The lowest BCUT2D eigenvalue weighted by atomic mass is 9.90. The van der Waals surface area contributed by atoms with Gasteiger partial charge in [-0.05, 0) is 37.2 Å². The standard InChI is InChI=1S/C24H38N4O3/c1-25-24(28-13-10-22(18-28)19-31-15-14-30-2)26-17-23(29)27-11-8-21(9-12-27)16-20-6-4-3-5-7-20/h3-7,21-22H,8-19H2,1-2H3,(H,25,26). The van der Waals surface area contributed by atoms with Gasteiger partial charge in [-0.1, -0.05) is 30.3 Å². The Hall–Kier alpha value is -2.12. The Bertz CT molecular complexity index is 689. The number of aliphatic imine (C=N–C) groups is 1. The monoisotopic (exact) mass is 430 g/mol. The van der Waals surface area contributed by atoms with Gasteiger partial charge in [-0.2, -0.15) is 0 Å². The quantitative estimate of drug-likeness (QED) is 0.369. The van der Waals surface area contributed by atoms with Crippen LogP contribution in [0.15, 0.2) is 35.3 Å². The Morgan fingerprint density at radius 2 is 1.77 bits per heavy atom. The second-order valence-electron chi connectivity index (χ2n) is 8.58. The fourth-order valence-electron chi connectivity index (χ4n) is 4.49. The molecule has 0 aliphatic carbocycles. The van der Waals surface area contributed by atoms with Crippen molar-refractivity contribution in [2.24, 2.45) is 16.8 Å². The predicted molar refractivity (Wildman–Crippen MR) is 123 cm³/mol. The number of likely N-dealkylation sites (tertiary alicyclic amines) is 2. The molecule has 7 nitrogen and oxygen atoms in total. The third-order valence-electron chi connectivity index (χ3n) is 6.31. The van der Waals surface area contributed by atoms with Gasteiger partial charge < -0.3 is 24.6 Å². The summed E-state index contributed by atoms with van der Waals surface area (Å²) in [6.45, 7) is 5.86. The molecule has 1 aromatic rings. The lowest BCUT2D eigenvalue weighted by Gasteiger charge is -2.32. The third kappa shape index (κ3) is 7.51. The van der Waals surface area contributed by atoms with Crippen molar-refractivity contribution in [1.29, 1.82) is 0 Å². The highest BCUT2D eigenvalue weighted by Gasteiger charge is 2.26. The topological polar surface area (TPSA) is 66.4 Å². The first kappa shape index (κ1) is 23.5. The van der Waals surface area contributed by atoms with Gasteiger partial charge in [-0.3, -0.25) is 9.79 Å². The van der Waals surface area contributed by atoms with Crippen molar-refractivity contribution in [3.63, 3.8) is 0 Å². The number of hydrogen-bond donors (Lipinski definition) is 1.